The molecule has 1 spiro atoms. The second kappa shape index (κ2) is 8.39. The second-order valence-electron chi connectivity index (χ2n) is 20.9. The molecule has 20 rings (SSSR count). The molecule has 1 fully saturated rings. The van der Waals surface area contributed by atoms with Crippen molar-refractivity contribution >= 4 is 108 Å². The number of fused-ring (bicyclic) bond motifs is 1. The monoisotopic (exact) mass is 767 g/mol. The van der Waals surface area contributed by atoms with Crippen LogP contribution in [0.2, 0.25) is 0 Å². The predicted octanol–water partition coefficient (Wildman–Crippen LogP) is 13.8. The van der Waals surface area contributed by atoms with Gasteiger partial charge in [-0.15, -0.1) is 0 Å². The van der Waals surface area contributed by atoms with E-state index in [9.17, 15) is 0 Å². The smallest absolute Gasteiger partial charge is 0.0973 e. The summed E-state index contributed by atoms with van der Waals surface area (Å²) in [5.74, 6) is 0.937. The summed E-state index contributed by atoms with van der Waals surface area (Å²) in [5.41, 5.74) is 16.9. The van der Waals surface area contributed by atoms with Crippen LogP contribution in [0.4, 0.5) is 0 Å². The van der Waals surface area contributed by atoms with Crippen molar-refractivity contribution in [3.05, 3.63) is 176 Å². The second-order valence-corrected chi connectivity index (χ2v) is 20.9. The summed E-state index contributed by atoms with van der Waals surface area (Å²) in [5, 5.41) is 32.7. The molecule has 1 aliphatic heterocycles. The molecule has 0 bridgehead atoms. The van der Waals surface area contributed by atoms with Gasteiger partial charge in [0.25, 0.3) is 0 Å². The Bertz CT molecular complexity index is 4290. The molecule has 1 nitrogen and oxygen atoms in total. The molecule has 0 radical (unpaired) electrons. The Morgan fingerprint density at radius 3 is 1.54 bits per heavy atom. The van der Waals surface area contributed by atoms with Crippen molar-refractivity contribution in [3.8, 4) is 0 Å². The van der Waals surface area contributed by atoms with E-state index in [1.165, 1.54) is 34.9 Å². The summed E-state index contributed by atoms with van der Waals surface area (Å²) in [4.78, 5) is 3.00. The number of nitrogens with zero attached hydrogens (tertiary/aromatic N) is 1. The molecule has 0 N–H and O–H groups in total. The van der Waals surface area contributed by atoms with Gasteiger partial charge in [0.05, 0.1) is 5.54 Å². The third kappa shape index (κ3) is 2.47. The molecule has 14 aromatic rings. The van der Waals surface area contributed by atoms with Gasteiger partial charge in [0.2, 0.25) is 0 Å². The Morgan fingerprint density at radius 2 is 0.918 bits per heavy atom. The van der Waals surface area contributed by atoms with Gasteiger partial charge in [0, 0.05) is 24.4 Å². The van der Waals surface area contributed by atoms with Crippen LogP contribution in [0, 0.1) is 0 Å². The molecule has 5 aliphatic carbocycles. The molecular formula is C60H33N. The summed E-state index contributed by atoms with van der Waals surface area (Å²) in [6, 6.07) is 45.6. The van der Waals surface area contributed by atoms with Crippen molar-refractivity contribution < 1.29 is 0 Å². The first-order valence-electron chi connectivity index (χ1n) is 23.0. The van der Waals surface area contributed by atoms with Gasteiger partial charge in [-0.25, -0.2) is 0 Å². The lowest BCUT2D eigenvalue weighted by Crippen LogP contribution is -2.48. The minimum Gasteiger partial charge on any atom is -0.285 e. The fourth-order valence-electron chi connectivity index (χ4n) is 17.8. The molecule has 1 heterocycles. The Hall–Kier alpha value is -6.54. The van der Waals surface area contributed by atoms with E-state index < -0.39 is 5.54 Å². The first-order valence-corrected chi connectivity index (χ1v) is 23.0. The van der Waals surface area contributed by atoms with Crippen molar-refractivity contribution in [2.24, 2.45) is 0 Å². The van der Waals surface area contributed by atoms with Crippen molar-refractivity contribution in [2.45, 2.75) is 48.5 Å². The molecule has 1 heteroatoms. The first-order chi connectivity index (χ1) is 30.2. The summed E-state index contributed by atoms with van der Waals surface area (Å²) in [6.45, 7) is 2.08. The molecule has 0 aromatic heterocycles. The fourth-order valence-corrected chi connectivity index (χ4v) is 17.8. The molecule has 3 atom stereocenters. The highest BCUT2D eigenvalue weighted by Crippen LogP contribution is 2.74. The summed E-state index contributed by atoms with van der Waals surface area (Å²) < 4.78 is 0. The van der Waals surface area contributed by atoms with Gasteiger partial charge in [0.15, 0.2) is 0 Å². The number of likely N-dealkylation sites (tertiary alicyclic amines) is 1. The zero-order valence-corrected chi connectivity index (χ0v) is 33.3. The average Bonchev–Trinajstić information content (AvgIpc) is 4.16. The Balaban J connectivity index is 1.02. The molecule has 14 aromatic carbocycles. The van der Waals surface area contributed by atoms with E-state index in [0.717, 1.165) is 25.9 Å². The van der Waals surface area contributed by atoms with Crippen molar-refractivity contribution in [1.82, 2.24) is 4.90 Å². The molecular weight excluding hydrogens is 735 g/mol. The van der Waals surface area contributed by atoms with Crippen molar-refractivity contribution in [2.75, 3.05) is 13.1 Å². The van der Waals surface area contributed by atoms with Crippen LogP contribution in [-0.2, 0) is 30.2 Å². The number of benzene rings is 10. The molecule has 0 amide bonds. The third-order valence-electron chi connectivity index (χ3n) is 19.0. The zero-order valence-electron chi connectivity index (χ0n) is 33.3. The Kier molecular flexibility index (Phi) is 3.96. The molecule has 61 heavy (non-hydrogen) atoms. The van der Waals surface area contributed by atoms with E-state index >= 15 is 0 Å². The van der Waals surface area contributed by atoms with E-state index in [4.69, 9.17) is 0 Å². The average molecular weight is 768 g/mol. The lowest BCUT2D eigenvalue weighted by molar-refractivity contribution is 0.184. The van der Waals surface area contributed by atoms with Crippen LogP contribution < -0.4 is 0 Å². The van der Waals surface area contributed by atoms with E-state index in [1.807, 2.05) is 0 Å². The Labute approximate surface area is 349 Å². The highest BCUT2D eigenvalue weighted by Gasteiger charge is 2.62. The van der Waals surface area contributed by atoms with Crippen LogP contribution in [0.3, 0.4) is 0 Å². The number of hydrogen-bond donors (Lipinski definition) is 0. The fraction of sp³-hybridized carbons (Fsp3) is 0.167. The molecule has 278 valence electrons. The highest BCUT2D eigenvalue weighted by atomic mass is 15.2. The molecule has 3 unspecified atom stereocenters. The lowest BCUT2D eigenvalue weighted by atomic mass is 9.65. The lowest BCUT2D eigenvalue weighted by Gasteiger charge is -2.44. The first kappa shape index (κ1) is 28.8. The quantitative estimate of drug-likeness (QED) is 0.127. The maximum absolute atomic E-state index is 3.00. The van der Waals surface area contributed by atoms with Crippen LogP contribution in [-0.4, -0.2) is 18.0 Å². The van der Waals surface area contributed by atoms with Gasteiger partial charge in [-0.05, 0) is 201 Å². The van der Waals surface area contributed by atoms with Crippen molar-refractivity contribution in [3.63, 3.8) is 0 Å². The van der Waals surface area contributed by atoms with E-state index in [2.05, 4.69) is 120 Å². The van der Waals surface area contributed by atoms with Gasteiger partial charge in [0.1, 0.15) is 0 Å². The van der Waals surface area contributed by atoms with Gasteiger partial charge >= 0.3 is 0 Å². The predicted molar refractivity (Wildman–Crippen MR) is 252 cm³/mol. The van der Waals surface area contributed by atoms with Gasteiger partial charge < -0.3 is 0 Å². The summed E-state index contributed by atoms with van der Waals surface area (Å²) >= 11 is 0. The van der Waals surface area contributed by atoms with Gasteiger partial charge in [-0.2, -0.15) is 0 Å². The van der Waals surface area contributed by atoms with Gasteiger partial charge in [-0.3, -0.25) is 4.90 Å². The number of rotatable bonds is 4. The summed E-state index contributed by atoms with van der Waals surface area (Å²) in [7, 11) is 0. The van der Waals surface area contributed by atoms with Crippen molar-refractivity contribution in [1.29, 1.82) is 0 Å². The van der Waals surface area contributed by atoms with E-state index in [-0.39, 0.29) is 5.41 Å². The van der Waals surface area contributed by atoms with Crippen LogP contribution in [0.15, 0.2) is 115 Å². The molecule has 6 aliphatic rings. The van der Waals surface area contributed by atoms with Crippen LogP contribution in [0.5, 0.6) is 0 Å². The maximum atomic E-state index is 3.00. The van der Waals surface area contributed by atoms with Crippen LogP contribution >= 0.6 is 0 Å². The summed E-state index contributed by atoms with van der Waals surface area (Å²) in [6.07, 6.45) is 4.57. The minimum atomic E-state index is -0.445. The minimum absolute atomic E-state index is 0.0140. The zero-order chi connectivity index (χ0) is 38.3. The Morgan fingerprint density at radius 1 is 0.443 bits per heavy atom. The topological polar surface area (TPSA) is 3.24 Å². The maximum Gasteiger partial charge on any atom is 0.0973 e. The molecule has 1 saturated heterocycles. The highest BCUT2D eigenvalue weighted by molar-refractivity contribution is 6.63. The van der Waals surface area contributed by atoms with Crippen LogP contribution in [0.25, 0.3) is 108 Å². The SMILES string of the molecule is c1ccc(C(c2ccccc2)(c2ccccc2)N2CC3c4cc5cc6c7c5c5c4c4c8c9c%10c%11c(cc%12c%13c%14c(cc(c%15c%14c%14c(c%13%11)c%10c4c5c%14c7%15)C6)C%12)CC9CC83C2)cc1. The third-order valence-corrected chi connectivity index (χ3v) is 19.0. The van der Waals surface area contributed by atoms with Crippen LogP contribution in [0.1, 0.15) is 79.5 Å². The van der Waals surface area contributed by atoms with Gasteiger partial charge in [-0.1, -0.05) is 115 Å². The largest absolute Gasteiger partial charge is 0.285 e. The van der Waals surface area contributed by atoms with E-state index in [0.29, 0.717) is 11.8 Å². The normalized spacial score (nSPS) is 22.4. The molecule has 0 saturated carbocycles. The standard InChI is InChI=1S/C60H33N/c1-4-10-33(11-5-1)60(34-12-6-2-7-13-34,35-14-8-3-9-15-35)61-24-37-36-22-31-20-28-18-29-17-26-16-27-19-30-21-32-23-59(37,25-61)58-44(32)49-43(30)48-39(27)38(26)46-42(29)47-40(28)41(31)50-45(36)57(58)56-54(49)52(48)51(46)53(47)55(50)56/h1-15,17,19-20,22,32,37H,16,18,21,23-25H2. The number of hydrogen-bond acceptors (Lipinski definition) is 1. The van der Waals surface area contributed by atoms with E-state index in [1.54, 1.807) is 147 Å².